The highest BCUT2D eigenvalue weighted by Gasteiger charge is 2.14. The van der Waals surface area contributed by atoms with Crippen LogP contribution in [0, 0.1) is 6.92 Å². The molecule has 1 N–H and O–H groups in total. The van der Waals surface area contributed by atoms with Crippen LogP contribution in [0.2, 0.25) is 0 Å². The predicted molar refractivity (Wildman–Crippen MR) is 113 cm³/mol. The minimum Gasteiger partial charge on any atom is -0.310 e. The van der Waals surface area contributed by atoms with E-state index in [0.717, 1.165) is 23.9 Å². The zero-order valence-electron chi connectivity index (χ0n) is 16.7. The summed E-state index contributed by atoms with van der Waals surface area (Å²) in [7, 11) is 0. The van der Waals surface area contributed by atoms with E-state index in [9.17, 15) is 9.59 Å². The summed E-state index contributed by atoms with van der Waals surface area (Å²) in [6, 6.07) is 11.4. The lowest BCUT2D eigenvalue weighted by Gasteiger charge is -2.18. The third kappa shape index (κ3) is 4.53. The van der Waals surface area contributed by atoms with Gasteiger partial charge in [0.05, 0.1) is 16.9 Å². The topological polar surface area (TPSA) is 80.1 Å². The molecule has 2 aromatic heterocycles. The maximum atomic E-state index is 12.9. The van der Waals surface area contributed by atoms with Gasteiger partial charge >= 0.3 is 0 Å². The van der Waals surface area contributed by atoms with Crippen LogP contribution >= 0.6 is 0 Å². The molecule has 6 nitrogen and oxygen atoms in total. The number of aromatic nitrogens is 3. The SMILES string of the molecule is Cc1ccn(C(=O)CCc2nc3ccccc3c(=O)[nH]2)c(=NC2CCCCC2)c1. The van der Waals surface area contributed by atoms with Gasteiger partial charge < -0.3 is 4.98 Å². The summed E-state index contributed by atoms with van der Waals surface area (Å²) in [4.78, 5) is 37.3. The lowest BCUT2D eigenvalue weighted by molar-refractivity contribution is 0.0896. The Labute approximate surface area is 169 Å². The van der Waals surface area contributed by atoms with Crippen LogP contribution in [0.5, 0.6) is 0 Å². The number of fused-ring (bicyclic) bond motifs is 1. The molecule has 1 saturated carbocycles. The van der Waals surface area contributed by atoms with Gasteiger partial charge in [0.1, 0.15) is 11.3 Å². The Morgan fingerprint density at radius 3 is 2.83 bits per heavy atom. The van der Waals surface area contributed by atoms with Crippen LogP contribution in [0.25, 0.3) is 10.9 Å². The fraction of sp³-hybridized carbons (Fsp3) is 0.391. The average Bonchev–Trinajstić information content (AvgIpc) is 2.73. The second-order valence-corrected chi connectivity index (χ2v) is 7.78. The minimum atomic E-state index is -0.172. The van der Waals surface area contributed by atoms with Gasteiger partial charge in [-0.1, -0.05) is 31.4 Å². The smallest absolute Gasteiger partial charge is 0.258 e. The number of benzene rings is 1. The van der Waals surface area contributed by atoms with Crippen molar-refractivity contribution in [3.8, 4) is 0 Å². The summed E-state index contributed by atoms with van der Waals surface area (Å²) in [6.07, 6.45) is 8.29. The molecule has 0 radical (unpaired) electrons. The van der Waals surface area contributed by atoms with Crippen LogP contribution in [-0.4, -0.2) is 26.5 Å². The number of H-pyrrole nitrogens is 1. The molecule has 0 spiro atoms. The molecular formula is C23H26N4O2. The number of aryl methyl sites for hydroxylation is 2. The molecule has 150 valence electrons. The Balaban J connectivity index is 1.56. The summed E-state index contributed by atoms with van der Waals surface area (Å²) in [5.74, 6) is 0.482. The first-order valence-electron chi connectivity index (χ1n) is 10.3. The third-order valence-electron chi connectivity index (χ3n) is 5.49. The summed E-state index contributed by atoms with van der Waals surface area (Å²) in [5, 5.41) is 0.559. The fourth-order valence-corrected chi connectivity index (χ4v) is 3.90. The van der Waals surface area contributed by atoms with Crippen molar-refractivity contribution in [3.63, 3.8) is 0 Å². The molecule has 2 heterocycles. The van der Waals surface area contributed by atoms with Crippen molar-refractivity contribution in [3.05, 3.63) is 69.8 Å². The average molecular weight is 390 g/mol. The largest absolute Gasteiger partial charge is 0.310 e. The summed E-state index contributed by atoms with van der Waals surface area (Å²) in [5.41, 5.74) is 2.29. The highest BCUT2D eigenvalue weighted by Crippen LogP contribution is 2.19. The molecule has 0 aliphatic heterocycles. The highest BCUT2D eigenvalue weighted by molar-refractivity contribution is 5.79. The molecule has 1 fully saturated rings. The van der Waals surface area contributed by atoms with Crippen molar-refractivity contribution in [1.82, 2.24) is 14.5 Å². The van der Waals surface area contributed by atoms with Gasteiger partial charge in [0, 0.05) is 19.0 Å². The predicted octanol–water partition coefficient (Wildman–Crippen LogP) is 3.54. The molecule has 1 aliphatic carbocycles. The van der Waals surface area contributed by atoms with Gasteiger partial charge in [-0.3, -0.25) is 19.1 Å². The lowest BCUT2D eigenvalue weighted by atomic mass is 9.96. The zero-order valence-corrected chi connectivity index (χ0v) is 16.7. The van der Waals surface area contributed by atoms with Gasteiger partial charge in [0.25, 0.3) is 5.56 Å². The zero-order chi connectivity index (χ0) is 20.2. The van der Waals surface area contributed by atoms with E-state index in [1.54, 1.807) is 16.8 Å². The normalized spacial score (nSPS) is 15.7. The number of hydrogen-bond donors (Lipinski definition) is 1. The maximum Gasteiger partial charge on any atom is 0.258 e. The standard InChI is InChI=1S/C23H26N4O2/c1-16-13-14-27(21(15-16)24-17-7-3-2-4-8-17)22(28)12-11-20-25-19-10-6-5-9-18(19)23(29)26-20/h5-6,9-10,13-15,17H,2-4,7-8,11-12H2,1H3,(H,25,26,29). The van der Waals surface area contributed by atoms with Gasteiger partial charge in [-0.2, -0.15) is 0 Å². The molecule has 0 saturated heterocycles. The van der Waals surface area contributed by atoms with Crippen molar-refractivity contribution >= 4 is 16.8 Å². The van der Waals surface area contributed by atoms with Crippen LogP contribution < -0.4 is 11.0 Å². The third-order valence-corrected chi connectivity index (χ3v) is 5.49. The van der Waals surface area contributed by atoms with Crippen LogP contribution in [0.4, 0.5) is 0 Å². The van der Waals surface area contributed by atoms with Crippen molar-refractivity contribution in [1.29, 1.82) is 0 Å². The van der Waals surface area contributed by atoms with Crippen molar-refractivity contribution in [2.45, 2.75) is 57.9 Å². The highest BCUT2D eigenvalue weighted by atomic mass is 16.2. The number of pyridine rings is 1. The lowest BCUT2D eigenvalue weighted by Crippen LogP contribution is -2.29. The Hall–Kier alpha value is -3.02. The second-order valence-electron chi connectivity index (χ2n) is 7.78. The Morgan fingerprint density at radius 1 is 1.21 bits per heavy atom. The molecule has 6 heteroatoms. The first-order valence-corrected chi connectivity index (χ1v) is 10.3. The molecule has 29 heavy (non-hydrogen) atoms. The Kier molecular flexibility index (Phi) is 5.69. The van der Waals surface area contributed by atoms with Crippen LogP contribution in [0.3, 0.4) is 0 Å². The van der Waals surface area contributed by atoms with Crippen LogP contribution in [-0.2, 0) is 6.42 Å². The maximum absolute atomic E-state index is 12.9. The van der Waals surface area contributed by atoms with Crippen molar-refractivity contribution < 1.29 is 4.79 Å². The molecule has 0 amide bonds. The molecule has 1 aromatic carbocycles. The molecular weight excluding hydrogens is 364 g/mol. The van der Waals surface area contributed by atoms with Crippen molar-refractivity contribution in [2.24, 2.45) is 4.99 Å². The molecule has 4 rings (SSSR count). The molecule has 3 aromatic rings. The van der Waals surface area contributed by atoms with E-state index >= 15 is 0 Å². The van der Waals surface area contributed by atoms with E-state index in [4.69, 9.17) is 4.99 Å². The van der Waals surface area contributed by atoms with Gasteiger partial charge in [-0.25, -0.2) is 4.98 Å². The van der Waals surface area contributed by atoms with Crippen molar-refractivity contribution in [2.75, 3.05) is 0 Å². The second kappa shape index (κ2) is 8.55. The van der Waals surface area contributed by atoms with E-state index in [-0.39, 0.29) is 17.9 Å². The molecule has 0 atom stereocenters. The Morgan fingerprint density at radius 2 is 2.00 bits per heavy atom. The first kappa shape index (κ1) is 19.3. The van der Waals surface area contributed by atoms with E-state index < -0.39 is 0 Å². The number of carbonyl (C=O) groups excluding carboxylic acids is 1. The number of nitrogens with zero attached hydrogens (tertiary/aromatic N) is 3. The number of nitrogens with one attached hydrogen (secondary N) is 1. The van der Waals surface area contributed by atoms with Crippen LogP contribution in [0.15, 0.2) is 52.4 Å². The summed E-state index contributed by atoms with van der Waals surface area (Å²) in [6.45, 7) is 2.01. The fourth-order valence-electron chi connectivity index (χ4n) is 3.90. The number of carbonyl (C=O) groups is 1. The van der Waals surface area contributed by atoms with E-state index in [0.29, 0.717) is 29.2 Å². The quantitative estimate of drug-likeness (QED) is 0.740. The summed E-state index contributed by atoms with van der Waals surface area (Å²) >= 11 is 0. The van der Waals surface area contributed by atoms with Gasteiger partial charge in [-0.15, -0.1) is 0 Å². The van der Waals surface area contributed by atoms with Gasteiger partial charge in [-0.05, 0) is 49.6 Å². The molecule has 0 bridgehead atoms. The van der Waals surface area contributed by atoms with E-state index in [2.05, 4.69) is 9.97 Å². The molecule has 0 unspecified atom stereocenters. The first-order chi connectivity index (χ1) is 14.1. The molecule has 1 aliphatic rings. The monoisotopic (exact) mass is 390 g/mol. The Bertz CT molecular complexity index is 1150. The number of aromatic amines is 1. The van der Waals surface area contributed by atoms with E-state index in [1.807, 2.05) is 37.3 Å². The van der Waals surface area contributed by atoms with Crippen LogP contribution in [0.1, 0.15) is 54.7 Å². The number of para-hydroxylation sites is 1. The van der Waals surface area contributed by atoms with Gasteiger partial charge in [0.2, 0.25) is 5.91 Å². The number of rotatable bonds is 4. The van der Waals surface area contributed by atoms with E-state index in [1.165, 1.54) is 19.3 Å². The van der Waals surface area contributed by atoms with Gasteiger partial charge in [0.15, 0.2) is 0 Å². The summed E-state index contributed by atoms with van der Waals surface area (Å²) < 4.78 is 1.64. The minimum absolute atomic E-state index is 0.0460. The number of hydrogen-bond acceptors (Lipinski definition) is 4.